The molecule has 0 atom stereocenters. The molecule has 0 aliphatic heterocycles. The fourth-order valence-corrected chi connectivity index (χ4v) is 2.78. The van der Waals surface area contributed by atoms with Gasteiger partial charge in [0.2, 0.25) is 0 Å². The predicted molar refractivity (Wildman–Crippen MR) is 80.6 cm³/mol. The van der Waals surface area contributed by atoms with Crippen molar-refractivity contribution in [3.63, 3.8) is 0 Å². The van der Waals surface area contributed by atoms with Crippen molar-refractivity contribution < 1.29 is 9.18 Å². The normalized spacial score (nSPS) is 10.9. The Balaban J connectivity index is 1.88. The van der Waals surface area contributed by atoms with Crippen molar-refractivity contribution in [2.24, 2.45) is 0 Å². The number of benzene rings is 1. The summed E-state index contributed by atoms with van der Waals surface area (Å²) in [5.74, 6) is -0.365. The summed E-state index contributed by atoms with van der Waals surface area (Å²) in [6.07, 6.45) is 0.419. The van der Waals surface area contributed by atoms with Gasteiger partial charge in [0.15, 0.2) is 5.78 Å². The lowest BCUT2D eigenvalue weighted by molar-refractivity contribution is 0.0963. The third-order valence-corrected chi connectivity index (χ3v) is 4.07. The van der Waals surface area contributed by atoms with E-state index in [0.29, 0.717) is 18.5 Å². The first-order valence-electron chi connectivity index (χ1n) is 6.72. The number of Topliss-reactive ketones (excluding diaryl/α,β-unsaturated/α-hetero) is 1. The molecule has 0 N–H and O–H groups in total. The Morgan fingerprint density at radius 1 is 1.30 bits per heavy atom. The molecule has 0 aliphatic carbocycles. The van der Waals surface area contributed by atoms with Crippen LogP contribution in [0.3, 0.4) is 0 Å². The minimum atomic E-state index is -0.359. The third-order valence-electron chi connectivity index (χ3n) is 3.21. The highest BCUT2D eigenvalue weighted by Gasteiger charge is 2.10. The average molecular weight is 291 g/mol. The number of halogens is 1. The van der Waals surface area contributed by atoms with E-state index in [1.165, 1.54) is 17.0 Å². The van der Waals surface area contributed by atoms with E-state index in [-0.39, 0.29) is 11.6 Å². The van der Waals surface area contributed by atoms with Crippen LogP contribution < -0.4 is 0 Å². The molecule has 1 aromatic carbocycles. The predicted octanol–water partition coefficient (Wildman–Crippen LogP) is 3.98. The molecule has 106 valence electrons. The van der Waals surface area contributed by atoms with Gasteiger partial charge in [-0.1, -0.05) is 25.1 Å². The number of thiophene rings is 1. The van der Waals surface area contributed by atoms with Crippen LogP contribution in [0.1, 0.15) is 28.6 Å². The summed E-state index contributed by atoms with van der Waals surface area (Å²) in [6.45, 7) is 4.54. The molecule has 1 heterocycles. The minimum absolute atomic E-state index is 0.00544. The van der Waals surface area contributed by atoms with Gasteiger partial charge in [-0.2, -0.15) is 0 Å². The van der Waals surface area contributed by atoms with Gasteiger partial charge >= 0.3 is 0 Å². The van der Waals surface area contributed by atoms with Crippen molar-refractivity contribution in [2.45, 2.75) is 19.9 Å². The molecule has 2 rings (SSSR count). The van der Waals surface area contributed by atoms with E-state index in [2.05, 4.69) is 23.3 Å². The first kappa shape index (κ1) is 14.9. The summed E-state index contributed by atoms with van der Waals surface area (Å²) < 4.78 is 13.1. The highest BCUT2D eigenvalue weighted by Crippen LogP contribution is 2.13. The average Bonchev–Trinajstić information content (AvgIpc) is 2.96. The quantitative estimate of drug-likeness (QED) is 0.719. The monoisotopic (exact) mass is 291 g/mol. The molecule has 1 aromatic heterocycles. The van der Waals surface area contributed by atoms with Gasteiger partial charge in [0.05, 0.1) is 0 Å². The van der Waals surface area contributed by atoms with E-state index in [1.807, 2.05) is 6.07 Å². The molecule has 0 bridgehead atoms. The summed E-state index contributed by atoms with van der Waals surface area (Å²) in [7, 11) is 0. The first-order valence-corrected chi connectivity index (χ1v) is 7.60. The molecule has 20 heavy (non-hydrogen) atoms. The summed E-state index contributed by atoms with van der Waals surface area (Å²) in [5.41, 5.74) is 0.456. The van der Waals surface area contributed by atoms with Crippen LogP contribution in [-0.4, -0.2) is 23.8 Å². The number of ketones is 1. The van der Waals surface area contributed by atoms with Gasteiger partial charge in [-0.05, 0) is 30.1 Å². The number of nitrogens with zero attached hydrogens (tertiary/aromatic N) is 1. The standard InChI is InChI=1S/C16H18FNOS/c1-2-18(12-15-7-4-10-20-15)9-8-16(19)13-5-3-6-14(17)11-13/h3-7,10-11H,2,8-9,12H2,1H3. The van der Waals surface area contributed by atoms with Gasteiger partial charge in [-0.25, -0.2) is 4.39 Å². The summed E-state index contributed by atoms with van der Waals surface area (Å²) >= 11 is 1.72. The second kappa shape index (κ2) is 7.31. The van der Waals surface area contributed by atoms with Crippen molar-refractivity contribution in [3.8, 4) is 0 Å². The van der Waals surface area contributed by atoms with Crippen LogP contribution >= 0.6 is 11.3 Å². The minimum Gasteiger partial charge on any atom is -0.298 e. The zero-order chi connectivity index (χ0) is 14.4. The molecule has 2 aromatic rings. The fraction of sp³-hybridized carbons (Fsp3) is 0.312. The van der Waals surface area contributed by atoms with Crippen molar-refractivity contribution in [1.82, 2.24) is 4.90 Å². The number of hydrogen-bond acceptors (Lipinski definition) is 3. The molecular weight excluding hydrogens is 273 g/mol. The second-order valence-electron chi connectivity index (χ2n) is 4.63. The Kier molecular flexibility index (Phi) is 5.44. The molecule has 0 saturated carbocycles. The molecule has 0 saturated heterocycles. The SMILES string of the molecule is CCN(CCC(=O)c1cccc(F)c1)Cc1cccs1. The Morgan fingerprint density at radius 3 is 2.80 bits per heavy atom. The number of hydrogen-bond donors (Lipinski definition) is 0. The maximum absolute atomic E-state index is 13.1. The Bertz CT molecular complexity index is 553. The molecule has 0 radical (unpaired) electrons. The topological polar surface area (TPSA) is 20.3 Å². The summed E-state index contributed by atoms with van der Waals surface area (Å²) in [6, 6.07) is 10.0. The van der Waals surface area contributed by atoms with Crippen LogP contribution in [0.4, 0.5) is 4.39 Å². The molecular formula is C16H18FNOS. The van der Waals surface area contributed by atoms with Crippen molar-refractivity contribution in [2.75, 3.05) is 13.1 Å². The molecule has 0 aliphatic rings. The van der Waals surface area contributed by atoms with Crippen LogP contribution in [0.2, 0.25) is 0 Å². The summed E-state index contributed by atoms with van der Waals surface area (Å²) in [5, 5.41) is 2.06. The smallest absolute Gasteiger partial charge is 0.164 e. The Labute approximate surface area is 122 Å². The van der Waals surface area contributed by atoms with Gasteiger partial charge in [-0.15, -0.1) is 11.3 Å². The molecule has 0 spiro atoms. The zero-order valence-corrected chi connectivity index (χ0v) is 12.3. The highest BCUT2D eigenvalue weighted by atomic mass is 32.1. The fourth-order valence-electron chi connectivity index (χ4n) is 2.04. The summed E-state index contributed by atoms with van der Waals surface area (Å²) in [4.78, 5) is 15.6. The van der Waals surface area contributed by atoms with E-state index in [9.17, 15) is 9.18 Å². The van der Waals surface area contributed by atoms with E-state index in [4.69, 9.17) is 0 Å². The van der Waals surface area contributed by atoms with Crippen LogP contribution in [0.15, 0.2) is 41.8 Å². The maximum atomic E-state index is 13.1. The van der Waals surface area contributed by atoms with Gasteiger partial charge in [0, 0.05) is 30.0 Å². The van der Waals surface area contributed by atoms with Gasteiger partial charge in [0.25, 0.3) is 0 Å². The van der Waals surface area contributed by atoms with E-state index >= 15 is 0 Å². The van der Waals surface area contributed by atoms with Gasteiger partial charge < -0.3 is 0 Å². The van der Waals surface area contributed by atoms with E-state index < -0.39 is 0 Å². The van der Waals surface area contributed by atoms with Crippen LogP contribution in [0.5, 0.6) is 0 Å². The molecule has 0 unspecified atom stereocenters. The van der Waals surface area contributed by atoms with Crippen LogP contribution in [0, 0.1) is 5.82 Å². The van der Waals surface area contributed by atoms with Crippen LogP contribution in [-0.2, 0) is 6.54 Å². The largest absolute Gasteiger partial charge is 0.298 e. The Morgan fingerprint density at radius 2 is 2.15 bits per heavy atom. The Hall–Kier alpha value is -1.52. The third kappa shape index (κ3) is 4.25. The molecule has 0 fully saturated rings. The van der Waals surface area contributed by atoms with Crippen molar-refractivity contribution in [3.05, 3.63) is 58.0 Å². The maximum Gasteiger partial charge on any atom is 0.164 e. The molecule has 4 heteroatoms. The van der Waals surface area contributed by atoms with Crippen molar-refractivity contribution >= 4 is 17.1 Å². The molecule has 0 amide bonds. The molecule has 2 nitrogen and oxygen atoms in total. The number of rotatable bonds is 7. The highest BCUT2D eigenvalue weighted by molar-refractivity contribution is 7.09. The number of carbonyl (C=O) groups excluding carboxylic acids is 1. The lowest BCUT2D eigenvalue weighted by Crippen LogP contribution is -2.25. The van der Waals surface area contributed by atoms with Gasteiger partial charge in [-0.3, -0.25) is 9.69 Å². The number of carbonyl (C=O) groups is 1. The van der Waals surface area contributed by atoms with Crippen LogP contribution in [0.25, 0.3) is 0 Å². The lowest BCUT2D eigenvalue weighted by atomic mass is 10.1. The lowest BCUT2D eigenvalue weighted by Gasteiger charge is -2.19. The van der Waals surface area contributed by atoms with E-state index in [0.717, 1.165) is 13.1 Å². The van der Waals surface area contributed by atoms with E-state index in [1.54, 1.807) is 23.5 Å². The van der Waals surface area contributed by atoms with Crippen molar-refractivity contribution in [1.29, 1.82) is 0 Å². The zero-order valence-electron chi connectivity index (χ0n) is 11.5. The first-order chi connectivity index (χ1) is 9.69. The second-order valence-corrected chi connectivity index (χ2v) is 5.66. The van der Waals surface area contributed by atoms with Gasteiger partial charge in [0.1, 0.15) is 5.82 Å².